The molecule has 1 atom stereocenters. The van der Waals surface area contributed by atoms with Crippen LogP contribution in [0.3, 0.4) is 0 Å². The number of carbonyl (C=O) groups is 1. The number of amides is 1. The van der Waals surface area contributed by atoms with Gasteiger partial charge in [-0.05, 0) is 13.3 Å². The first-order valence-corrected chi connectivity index (χ1v) is 11.3. The molecule has 0 aliphatic heterocycles. The Kier molecular flexibility index (Phi) is 21.1. The van der Waals surface area contributed by atoms with Crippen LogP contribution in [0.4, 0.5) is 0 Å². The van der Waals surface area contributed by atoms with Gasteiger partial charge in [0.2, 0.25) is 5.91 Å². The van der Waals surface area contributed by atoms with Crippen LogP contribution in [0.15, 0.2) is 0 Å². The summed E-state index contributed by atoms with van der Waals surface area (Å²) in [7, 11) is 0. The summed E-state index contributed by atoms with van der Waals surface area (Å²) in [6, 6.07) is 0.292. The topological polar surface area (TPSA) is 91.2 Å². The molecule has 0 heterocycles. The van der Waals surface area contributed by atoms with Crippen molar-refractivity contribution in [2.24, 2.45) is 5.73 Å². The van der Waals surface area contributed by atoms with Gasteiger partial charge >= 0.3 is 0 Å². The maximum Gasteiger partial charge on any atom is 0.221 e. The lowest BCUT2D eigenvalue weighted by atomic mass is 10.1. The first kappa shape index (κ1) is 26.3. The van der Waals surface area contributed by atoms with Gasteiger partial charge in [-0.2, -0.15) is 0 Å². The van der Waals surface area contributed by atoms with Gasteiger partial charge in [-0.25, -0.2) is 0 Å². The van der Waals surface area contributed by atoms with Crippen LogP contribution in [0.5, 0.6) is 0 Å². The van der Waals surface area contributed by atoms with Crippen molar-refractivity contribution in [1.82, 2.24) is 21.3 Å². The standard InChI is InChI=1S/C21H47N5O/c1-3-4-5-6-7-8-9-10-11-20(2)26-21(27)12-14-23-16-18-25-19-17-24-15-13-22/h20,23-25H,3-19,22H2,1-2H3,(H,26,27). The third-order valence-electron chi connectivity index (χ3n) is 4.71. The van der Waals surface area contributed by atoms with E-state index in [1.54, 1.807) is 0 Å². The minimum Gasteiger partial charge on any atom is -0.354 e. The third-order valence-corrected chi connectivity index (χ3v) is 4.71. The number of carbonyl (C=O) groups excluding carboxylic acids is 1. The second-order valence-electron chi connectivity index (χ2n) is 7.52. The predicted octanol–water partition coefficient (Wildman–Crippen LogP) is 2.14. The van der Waals surface area contributed by atoms with Crippen LogP contribution in [0, 0.1) is 0 Å². The van der Waals surface area contributed by atoms with E-state index in [-0.39, 0.29) is 5.91 Å². The van der Waals surface area contributed by atoms with Gasteiger partial charge in [0.25, 0.3) is 0 Å². The Balaban J connectivity index is 3.31. The van der Waals surface area contributed by atoms with Gasteiger partial charge in [0.15, 0.2) is 0 Å². The van der Waals surface area contributed by atoms with E-state index in [9.17, 15) is 4.79 Å². The lowest BCUT2D eigenvalue weighted by molar-refractivity contribution is -0.121. The molecule has 0 saturated heterocycles. The van der Waals surface area contributed by atoms with Crippen molar-refractivity contribution in [3.63, 3.8) is 0 Å². The molecule has 0 aromatic heterocycles. The van der Waals surface area contributed by atoms with Crippen molar-refractivity contribution < 1.29 is 4.79 Å². The van der Waals surface area contributed by atoms with E-state index < -0.39 is 0 Å². The fourth-order valence-corrected chi connectivity index (χ4v) is 3.04. The smallest absolute Gasteiger partial charge is 0.221 e. The van der Waals surface area contributed by atoms with Crippen LogP contribution in [0.25, 0.3) is 0 Å². The summed E-state index contributed by atoms with van der Waals surface area (Å²) in [4.78, 5) is 11.9. The van der Waals surface area contributed by atoms with E-state index in [1.807, 2.05) is 0 Å². The predicted molar refractivity (Wildman–Crippen MR) is 117 cm³/mol. The molecular weight excluding hydrogens is 338 g/mol. The largest absolute Gasteiger partial charge is 0.354 e. The SMILES string of the molecule is CCCCCCCCCCC(C)NC(=O)CCNCCNCCNCCN. The van der Waals surface area contributed by atoms with Crippen LogP contribution in [-0.2, 0) is 4.79 Å². The van der Waals surface area contributed by atoms with Crippen LogP contribution in [0.1, 0.15) is 78.1 Å². The van der Waals surface area contributed by atoms with Crippen molar-refractivity contribution in [3.05, 3.63) is 0 Å². The molecule has 6 N–H and O–H groups in total. The molecule has 27 heavy (non-hydrogen) atoms. The number of nitrogens with two attached hydrogens (primary N) is 1. The van der Waals surface area contributed by atoms with Gasteiger partial charge in [0, 0.05) is 58.3 Å². The Morgan fingerprint density at radius 2 is 1.30 bits per heavy atom. The van der Waals surface area contributed by atoms with Gasteiger partial charge in [-0.1, -0.05) is 58.3 Å². The molecule has 0 aliphatic carbocycles. The molecule has 0 aromatic rings. The van der Waals surface area contributed by atoms with E-state index in [1.165, 1.54) is 51.4 Å². The summed E-state index contributed by atoms with van der Waals surface area (Å²) in [5, 5.41) is 13.0. The van der Waals surface area contributed by atoms with E-state index in [4.69, 9.17) is 5.73 Å². The summed E-state index contributed by atoms with van der Waals surface area (Å²) in [6.45, 7) is 10.4. The first-order chi connectivity index (χ1) is 13.2. The second kappa shape index (κ2) is 21.6. The van der Waals surface area contributed by atoms with E-state index in [2.05, 4.69) is 35.1 Å². The molecule has 6 heteroatoms. The Morgan fingerprint density at radius 1 is 0.778 bits per heavy atom. The zero-order valence-corrected chi connectivity index (χ0v) is 18.1. The molecule has 162 valence electrons. The molecule has 1 amide bonds. The maximum atomic E-state index is 11.9. The number of nitrogens with one attached hydrogen (secondary N) is 4. The average molecular weight is 386 g/mol. The molecule has 0 fully saturated rings. The molecule has 0 saturated carbocycles. The van der Waals surface area contributed by atoms with Crippen molar-refractivity contribution in [2.45, 2.75) is 84.1 Å². The summed E-state index contributed by atoms with van der Waals surface area (Å²) < 4.78 is 0. The Labute approximate surface area is 168 Å². The Bertz CT molecular complexity index is 315. The lowest BCUT2D eigenvalue weighted by Crippen LogP contribution is -2.36. The fraction of sp³-hybridized carbons (Fsp3) is 0.952. The van der Waals surface area contributed by atoms with Crippen LogP contribution < -0.4 is 27.0 Å². The number of hydrogen-bond donors (Lipinski definition) is 5. The van der Waals surface area contributed by atoms with E-state index >= 15 is 0 Å². The molecule has 0 spiro atoms. The molecule has 0 radical (unpaired) electrons. The summed E-state index contributed by atoms with van der Waals surface area (Å²) in [5.74, 6) is 0.161. The first-order valence-electron chi connectivity index (χ1n) is 11.3. The van der Waals surface area contributed by atoms with Crippen LogP contribution in [-0.4, -0.2) is 57.8 Å². The highest BCUT2D eigenvalue weighted by Gasteiger charge is 2.06. The minimum absolute atomic E-state index is 0.161. The molecule has 0 aromatic carbocycles. The van der Waals surface area contributed by atoms with Crippen molar-refractivity contribution in [2.75, 3.05) is 45.8 Å². The van der Waals surface area contributed by atoms with Crippen molar-refractivity contribution >= 4 is 5.91 Å². The van der Waals surface area contributed by atoms with Gasteiger partial charge < -0.3 is 27.0 Å². The Hall–Kier alpha value is -0.690. The highest BCUT2D eigenvalue weighted by Crippen LogP contribution is 2.10. The Morgan fingerprint density at radius 3 is 1.89 bits per heavy atom. The van der Waals surface area contributed by atoms with Gasteiger partial charge in [-0.15, -0.1) is 0 Å². The van der Waals surface area contributed by atoms with E-state index in [0.29, 0.717) is 19.0 Å². The number of rotatable bonds is 21. The molecule has 6 nitrogen and oxygen atoms in total. The van der Waals surface area contributed by atoms with Gasteiger partial charge in [0.05, 0.1) is 0 Å². The van der Waals surface area contributed by atoms with Gasteiger partial charge in [-0.3, -0.25) is 4.79 Å². The normalized spacial score (nSPS) is 12.3. The summed E-state index contributed by atoms with van der Waals surface area (Å²) >= 11 is 0. The van der Waals surface area contributed by atoms with E-state index in [0.717, 1.165) is 45.7 Å². The van der Waals surface area contributed by atoms with Crippen molar-refractivity contribution in [3.8, 4) is 0 Å². The molecule has 0 rings (SSSR count). The number of hydrogen-bond acceptors (Lipinski definition) is 5. The molecular formula is C21H47N5O. The highest BCUT2D eigenvalue weighted by atomic mass is 16.1. The number of unbranched alkanes of at least 4 members (excludes halogenated alkanes) is 7. The lowest BCUT2D eigenvalue weighted by Gasteiger charge is -2.14. The van der Waals surface area contributed by atoms with Crippen LogP contribution >= 0.6 is 0 Å². The third kappa shape index (κ3) is 21.5. The van der Waals surface area contributed by atoms with Crippen molar-refractivity contribution in [1.29, 1.82) is 0 Å². The highest BCUT2D eigenvalue weighted by molar-refractivity contribution is 5.76. The zero-order valence-electron chi connectivity index (χ0n) is 18.1. The average Bonchev–Trinajstić information content (AvgIpc) is 2.65. The zero-order chi connectivity index (χ0) is 20.0. The minimum atomic E-state index is 0.161. The summed E-state index contributed by atoms with van der Waals surface area (Å²) in [5.41, 5.74) is 5.41. The fourth-order valence-electron chi connectivity index (χ4n) is 3.04. The molecule has 0 bridgehead atoms. The monoisotopic (exact) mass is 385 g/mol. The van der Waals surface area contributed by atoms with Gasteiger partial charge in [0.1, 0.15) is 0 Å². The molecule has 1 unspecified atom stereocenters. The summed E-state index contributed by atoms with van der Waals surface area (Å²) in [6.07, 6.45) is 12.3. The molecule has 0 aliphatic rings. The maximum absolute atomic E-state index is 11.9. The van der Waals surface area contributed by atoms with Crippen LogP contribution in [0.2, 0.25) is 0 Å². The quantitative estimate of drug-likeness (QED) is 0.195. The second-order valence-corrected chi connectivity index (χ2v) is 7.52.